The van der Waals surface area contributed by atoms with Gasteiger partial charge in [-0.15, -0.1) is 22.7 Å². The van der Waals surface area contributed by atoms with E-state index in [4.69, 9.17) is 19.9 Å². The van der Waals surface area contributed by atoms with Gasteiger partial charge in [0.15, 0.2) is 11.6 Å². The molecule has 0 radical (unpaired) electrons. The molecule has 9 aromatic carbocycles. The topological polar surface area (TPSA) is 51.6 Å². The van der Waals surface area contributed by atoms with Crippen LogP contribution < -0.4 is 0 Å². The van der Waals surface area contributed by atoms with Crippen LogP contribution in [0.25, 0.3) is 130 Å². The summed E-state index contributed by atoms with van der Waals surface area (Å²) in [6.45, 7) is 0. The van der Waals surface area contributed by atoms with E-state index < -0.39 is 0 Å². The van der Waals surface area contributed by atoms with Crippen molar-refractivity contribution in [1.82, 2.24) is 19.9 Å². The molecule has 318 valence electrons. The first-order valence-electron chi connectivity index (χ1n) is 22.7. The van der Waals surface area contributed by atoms with E-state index in [2.05, 4.69) is 231 Å². The number of fused-ring (bicyclic) bond motifs is 6. The molecule has 0 aliphatic heterocycles. The molecule has 13 aromatic rings. The quantitative estimate of drug-likeness (QED) is 0.152. The van der Waals surface area contributed by atoms with Crippen molar-refractivity contribution < 1.29 is 0 Å². The van der Waals surface area contributed by atoms with Crippen LogP contribution in [-0.2, 0) is 0 Å². The lowest BCUT2D eigenvalue weighted by Gasteiger charge is -2.17. The number of benzene rings is 9. The van der Waals surface area contributed by atoms with Crippen LogP contribution >= 0.6 is 22.7 Å². The van der Waals surface area contributed by atoms with E-state index in [1.807, 2.05) is 0 Å². The zero-order chi connectivity index (χ0) is 45.0. The van der Waals surface area contributed by atoms with E-state index in [-0.39, 0.29) is 0 Å². The van der Waals surface area contributed by atoms with Crippen molar-refractivity contribution in [2.75, 3.05) is 0 Å². The lowest BCUT2D eigenvalue weighted by atomic mass is 9.89. The second kappa shape index (κ2) is 16.8. The molecule has 0 aliphatic rings. The lowest BCUT2D eigenvalue weighted by molar-refractivity contribution is 1.24. The van der Waals surface area contributed by atoms with Gasteiger partial charge in [0, 0.05) is 42.4 Å². The number of thiophene rings is 2. The Morgan fingerprint density at radius 2 is 0.574 bits per heavy atom. The molecule has 6 heteroatoms. The van der Waals surface area contributed by atoms with E-state index in [9.17, 15) is 0 Å². The van der Waals surface area contributed by atoms with Crippen LogP contribution in [0.5, 0.6) is 0 Å². The number of hydrogen-bond acceptors (Lipinski definition) is 6. The van der Waals surface area contributed by atoms with Gasteiger partial charge in [0.05, 0.1) is 31.8 Å². The molecule has 4 nitrogen and oxygen atoms in total. The van der Waals surface area contributed by atoms with Gasteiger partial charge in [-0.05, 0) is 68.8 Å². The Bertz CT molecular complexity index is 3780. The molecule has 0 atom stereocenters. The number of aromatic nitrogens is 4. The zero-order valence-corrected chi connectivity index (χ0v) is 38.2. The average Bonchev–Trinajstić information content (AvgIpc) is 3.99. The second-order valence-corrected chi connectivity index (χ2v) is 19.0. The first-order valence-corrected chi connectivity index (χ1v) is 24.3. The van der Waals surface area contributed by atoms with Gasteiger partial charge in [0.2, 0.25) is 0 Å². The third-order valence-electron chi connectivity index (χ3n) is 12.8. The first-order chi connectivity index (χ1) is 33.7. The maximum atomic E-state index is 5.52. The maximum absolute atomic E-state index is 5.52. The van der Waals surface area contributed by atoms with Gasteiger partial charge in [-0.1, -0.05) is 206 Å². The minimum absolute atomic E-state index is 0.681. The fraction of sp³-hybridized carbons (Fsp3) is 0. The van der Waals surface area contributed by atoms with Crippen molar-refractivity contribution in [2.45, 2.75) is 0 Å². The Morgan fingerprint density at radius 1 is 0.250 bits per heavy atom. The molecule has 0 saturated heterocycles. The molecule has 13 rings (SSSR count). The van der Waals surface area contributed by atoms with Crippen LogP contribution in [0, 0.1) is 0 Å². The van der Waals surface area contributed by atoms with Crippen molar-refractivity contribution in [2.24, 2.45) is 0 Å². The highest BCUT2D eigenvalue weighted by molar-refractivity contribution is 7.26. The highest BCUT2D eigenvalue weighted by atomic mass is 32.1. The third-order valence-corrected chi connectivity index (χ3v) is 15.1. The van der Waals surface area contributed by atoms with E-state index in [0.717, 1.165) is 98.2 Å². The molecule has 0 spiro atoms. The van der Waals surface area contributed by atoms with Crippen LogP contribution in [0.15, 0.2) is 231 Å². The summed E-state index contributed by atoms with van der Waals surface area (Å²) in [6, 6.07) is 81.4. The number of hydrogen-bond donors (Lipinski definition) is 0. The summed E-state index contributed by atoms with van der Waals surface area (Å²) in [5.74, 6) is 1.36. The summed E-state index contributed by atoms with van der Waals surface area (Å²) in [5, 5.41) is 2.26. The Balaban J connectivity index is 0.988. The van der Waals surface area contributed by atoms with E-state index in [1.54, 1.807) is 22.7 Å². The molecule has 0 fully saturated rings. The summed E-state index contributed by atoms with van der Waals surface area (Å²) in [7, 11) is 0. The van der Waals surface area contributed by atoms with Crippen LogP contribution in [-0.4, -0.2) is 19.9 Å². The van der Waals surface area contributed by atoms with Crippen LogP contribution in [0.4, 0.5) is 0 Å². The molecule has 0 amide bonds. The van der Waals surface area contributed by atoms with Crippen molar-refractivity contribution >= 4 is 63.3 Å². The predicted molar refractivity (Wildman–Crippen MR) is 287 cm³/mol. The van der Waals surface area contributed by atoms with Crippen LogP contribution in [0.2, 0.25) is 0 Å². The molecular formula is C62H38N4S2. The second-order valence-electron chi connectivity index (χ2n) is 16.9. The molecule has 0 aliphatic carbocycles. The summed E-state index contributed by atoms with van der Waals surface area (Å²) in [5.41, 5.74) is 16.6. The van der Waals surface area contributed by atoms with Crippen molar-refractivity contribution in [1.29, 1.82) is 0 Å². The zero-order valence-electron chi connectivity index (χ0n) is 36.5. The van der Waals surface area contributed by atoms with E-state index in [0.29, 0.717) is 11.6 Å². The minimum Gasteiger partial charge on any atom is -0.226 e. The van der Waals surface area contributed by atoms with Crippen LogP contribution in [0.1, 0.15) is 0 Å². The number of nitrogens with zero attached hydrogens (tertiary/aromatic N) is 4. The smallest absolute Gasteiger partial charge is 0.161 e. The molecule has 0 saturated carbocycles. The van der Waals surface area contributed by atoms with Gasteiger partial charge < -0.3 is 0 Å². The minimum atomic E-state index is 0.681. The molecule has 0 unspecified atom stereocenters. The van der Waals surface area contributed by atoms with E-state index in [1.165, 1.54) is 20.5 Å². The Hall–Kier alpha value is -8.42. The average molecular weight is 903 g/mol. The molecule has 68 heavy (non-hydrogen) atoms. The molecule has 4 aromatic heterocycles. The first kappa shape index (κ1) is 39.9. The van der Waals surface area contributed by atoms with Gasteiger partial charge >= 0.3 is 0 Å². The molecule has 0 bridgehead atoms. The fourth-order valence-corrected chi connectivity index (χ4v) is 11.9. The predicted octanol–water partition coefficient (Wildman–Crippen LogP) is 17.3. The standard InChI is InChI=1S/C62H38N4S2/c1-3-19-39(20-4-1)41-23-17-25-43(37-41)55-59-57(51-33-13-15-35-53(51)67-59)65-61(63-55)49-31-11-9-29-47(49)45-27-7-8-28-46(45)48-30-10-12-32-50(48)62-64-56(60-58(66-62)52-34-14-16-36-54(52)68-60)44-26-18-24-42(38-44)40-21-5-2-6-22-40/h1-38H. The van der Waals surface area contributed by atoms with Gasteiger partial charge in [-0.25, -0.2) is 19.9 Å². The monoisotopic (exact) mass is 902 g/mol. The van der Waals surface area contributed by atoms with Gasteiger partial charge in [-0.2, -0.15) is 0 Å². The lowest BCUT2D eigenvalue weighted by Crippen LogP contribution is -1.98. The van der Waals surface area contributed by atoms with Crippen LogP contribution in [0.3, 0.4) is 0 Å². The van der Waals surface area contributed by atoms with Gasteiger partial charge in [0.25, 0.3) is 0 Å². The van der Waals surface area contributed by atoms with Crippen molar-refractivity contribution in [3.8, 4) is 89.8 Å². The van der Waals surface area contributed by atoms with Crippen molar-refractivity contribution in [3.05, 3.63) is 231 Å². The third kappa shape index (κ3) is 6.97. The highest BCUT2D eigenvalue weighted by Crippen LogP contribution is 2.46. The molecule has 4 heterocycles. The Kier molecular flexibility index (Phi) is 9.85. The van der Waals surface area contributed by atoms with Crippen molar-refractivity contribution in [3.63, 3.8) is 0 Å². The van der Waals surface area contributed by atoms with Gasteiger partial charge in [-0.3, -0.25) is 0 Å². The summed E-state index contributed by atoms with van der Waals surface area (Å²) in [6.07, 6.45) is 0. The Morgan fingerprint density at radius 3 is 1.00 bits per heavy atom. The maximum Gasteiger partial charge on any atom is 0.161 e. The largest absolute Gasteiger partial charge is 0.226 e. The van der Waals surface area contributed by atoms with Gasteiger partial charge in [0.1, 0.15) is 0 Å². The molecular weight excluding hydrogens is 865 g/mol. The summed E-state index contributed by atoms with van der Waals surface area (Å²) >= 11 is 3.51. The van der Waals surface area contributed by atoms with E-state index >= 15 is 0 Å². The summed E-state index contributed by atoms with van der Waals surface area (Å²) < 4.78 is 4.53. The SMILES string of the molecule is c1ccc(-c2cccc(-c3nc(-c4ccccc4-c4ccccc4-c4ccccc4-c4nc(-c5cccc(-c6ccccc6)c5)c5sc6ccccc6c5n4)nc4c3sc3ccccc34)c2)cc1. The molecule has 0 N–H and O–H groups in total. The summed E-state index contributed by atoms with van der Waals surface area (Å²) in [4.78, 5) is 21.9. The Labute approximate surface area is 401 Å². The number of rotatable bonds is 8. The highest BCUT2D eigenvalue weighted by Gasteiger charge is 2.23. The fourth-order valence-electron chi connectivity index (χ4n) is 9.55. The normalized spacial score (nSPS) is 11.5.